The van der Waals surface area contributed by atoms with Crippen molar-refractivity contribution in [3.05, 3.63) is 42.3 Å². The molecular formula is C18H18F3N5O2S. The average molecular weight is 425 g/mol. The molecule has 0 atom stereocenters. The molecule has 154 valence electrons. The molecular weight excluding hydrogens is 407 g/mol. The molecule has 29 heavy (non-hydrogen) atoms. The van der Waals surface area contributed by atoms with Crippen LogP contribution in [-0.2, 0) is 11.3 Å². The summed E-state index contributed by atoms with van der Waals surface area (Å²) in [5, 5.41) is 11.5. The van der Waals surface area contributed by atoms with Gasteiger partial charge in [0.05, 0.1) is 5.75 Å². The molecule has 1 amide bonds. The normalized spacial score (nSPS) is 13.9. The first-order chi connectivity index (χ1) is 13.9. The third-order valence-electron chi connectivity index (χ3n) is 3.89. The molecule has 0 aromatic carbocycles. The molecule has 1 aliphatic carbocycles. The first kappa shape index (κ1) is 20.9. The van der Waals surface area contributed by atoms with Crippen molar-refractivity contribution in [2.24, 2.45) is 0 Å². The van der Waals surface area contributed by atoms with E-state index in [1.54, 1.807) is 4.57 Å². The summed E-state index contributed by atoms with van der Waals surface area (Å²) in [5.41, 5.74) is 1.24. The van der Waals surface area contributed by atoms with Gasteiger partial charge in [-0.2, -0.15) is 0 Å². The van der Waals surface area contributed by atoms with E-state index in [4.69, 9.17) is 0 Å². The molecule has 0 saturated heterocycles. The fourth-order valence-electron chi connectivity index (χ4n) is 2.67. The zero-order valence-electron chi connectivity index (χ0n) is 15.4. The van der Waals surface area contributed by atoms with Gasteiger partial charge in [0.2, 0.25) is 11.8 Å². The van der Waals surface area contributed by atoms with Gasteiger partial charge in [0.25, 0.3) is 0 Å². The Morgan fingerprint density at radius 2 is 2.21 bits per heavy atom. The van der Waals surface area contributed by atoms with Crippen LogP contribution in [0.4, 0.5) is 13.2 Å². The number of allylic oxidation sites excluding steroid dienone is 4. The summed E-state index contributed by atoms with van der Waals surface area (Å²) >= 11 is 1.20. The Hall–Kier alpha value is -2.82. The summed E-state index contributed by atoms with van der Waals surface area (Å²) in [6, 6.07) is 2.66. The summed E-state index contributed by atoms with van der Waals surface area (Å²) in [7, 11) is 0. The molecule has 0 radical (unpaired) electrons. The van der Waals surface area contributed by atoms with E-state index in [1.165, 1.54) is 24.0 Å². The number of nitrogens with one attached hydrogen (secondary N) is 1. The fourth-order valence-corrected chi connectivity index (χ4v) is 3.47. The maximum absolute atomic E-state index is 12.4. The molecule has 3 rings (SSSR count). The Morgan fingerprint density at radius 1 is 1.38 bits per heavy atom. The molecule has 2 heterocycles. The highest BCUT2D eigenvalue weighted by atomic mass is 32.2. The van der Waals surface area contributed by atoms with Crippen molar-refractivity contribution in [3.63, 3.8) is 0 Å². The van der Waals surface area contributed by atoms with E-state index >= 15 is 0 Å². The molecule has 0 bridgehead atoms. The number of aromatic nitrogens is 4. The predicted octanol–water partition coefficient (Wildman–Crippen LogP) is 3.70. The molecule has 11 heteroatoms. The molecule has 2 aromatic heterocycles. The second-order valence-electron chi connectivity index (χ2n) is 5.98. The smallest absolute Gasteiger partial charge is 0.388 e. The Bertz CT molecular complexity index is 940. The average Bonchev–Trinajstić information content (AvgIpc) is 3.09. The Labute approximate surface area is 169 Å². The highest BCUT2D eigenvalue weighted by Gasteiger charge is 2.32. The van der Waals surface area contributed by atoms with Gasteiger partial charge in [-0.05, 0) is 31.9 Å². The molecule has 0 fully saturated rings. The first-order valence-corrected chi connectivity index (χ1v) is 9.78. The summed E-state index contributed by atoms with van der Waals surface area (Å²) in [6.45, 7) is 2.32. The quantitative estimate of drug-likeness (QED) is 0.682. The van der Waals surface area contributed by atoms with Crippen molar-refractivity contribution in [2.75, 3.05) is 5.75 Å². The molecule has 0 unspecified atom stereocenters. The zero-order valence-corrected chi connectivity index (χ0v) is 16.3. The molecule has 0 aliphatic heterocycles. The summed E-state index contributed by atoms with van der Waals surface area (Å²) in [5.74, 6) is -0.236. The van der Waals surface area contributed by atoms with Crippen molar-refractivity contribution in [3.8, 4) is 17.3 Å². The zero-order chi connectivity index (χ0) is 20.9. The predicted molar refractivity (Wildman–Crippen MR) is 101 cm³/mol. The minimum atomic E-state index is -4.83. The molecule has 0 spiro atoms. The van der Waals surface area contributed by atoms with E-state index in [0.717, 1.165) is 24.6 Å². The Morgan fingerprint density at radius 3 is 2.90 bits per heavy atom. The van der Waals surface area contributed by atoms with Gasteiger partial charge in [-0.3, -0.25) is 4.79 Å². The van der Waals surface area contributed by atoms with Crippen LogP contribution < -0.4 is 10.1 Å². The number of thioether (sulfide) groups is 1. The van der Waals surface area contributed by atoms with Crippen molar-refractivity contribution >= 4 is 17.7 Å². The lowest BCUT2D eigenvalue weighted by atomic mass is 10.1. The number of pyridine rings is 1. The number of alkyl halides is 3. The number of hydrogen-bond donors (Lipinski definition) is 1. The van der Waals surface area contributed by atoms with E-state index in [2.05, 4.69) is 25.2 Å². The molecule has 1 aliphatic rings. The van der Waals surface area contributed by atoms with Crippen molar-refractivity contribution in [2.45, 2.75) is 37.8 Å². The fraction of sp³-hybridized carbons (Fsp3) is 0.333. The van der Waals surface area contributed by atoms with Crippen molar-refractivity contribution in [1.29, 1.82) is 0 Å². The standard InChI is InChI=1S/C18H18F3N5O2S/c1-2-26-16(12-8-9-22-15(10-12)28-18(19,20)21)24-25-17(26)29-11-14(27)23-13-6-4-3-5-7-13/h3-4,6,8-10H,2,5,7,11H2,1H3,(H,23,27). The monoisotopic (exact) mass is 425 g/mol. The third-order valence-corrected chi connectivity index (χ3v) is 4.86. The van der Waals surface area contributed by atoms with Gasteiger partial charge in [0.1, 0.15) is 0 Å². The second-order valence-corrected chi connectivity index (χ2v) is 6.92. The minimum absolute atomic E-state index is 0.137. The van der Waals surface area contributed by atoms with Crippen LogP contribution in [-0.4, -0.2) is 37.8 Å². The maximum atomic E-state index is 12.4. The van der Waals surface area contributed by atoms with Crippen LogP contribution in [0.2, 0.25) is 0 Å². The lowest BCUT2D eigenvalue weighted by molar-refractivity contribution is -0.276. The van der Waals surface area contributed by atoms with E-state index < -0.39 is 12.2 Å². The molecule has 0 saturated carbocycles. The molecule has 1 N–H and O–H groups in total. The number of rotatable bonds is 7. The number of ether oxygens (including phenoxy) is 1. The van der Waals surface area contributed by atoms with E-state index in [0.29, 0.717) is 23.1 Å². The number of carbonyl (C=O) groups is 1. The highest BCUT2D eigenvalue weighted by Crippen LogP contribution is 2.27. The largest absolute Gasteiger partial charge is 0.574 e. The molecule has 7 nitrogen and oxygen atoms in total. The van der Waals surface area contributed by atoms with Gasteiger partial charge in [-0.1, -0.05) is 23.9 Å². The van der Waals surface area contributed by atoms with E-state index in [1.807, 2.05) is 25.2 Å². The van der Waals surface area contributed by atoms with Crippen LogP contribution in [0.1, 0.15) is 19.8 Å². The van der Waals surface area contributed by atoms with Crippen molar-refractivity contribution < 1.29 is 22.7 Å². The van der Waals surface area contributed by atoms with Crippen LogP contribution in [0.5, 0.6) is 5.88 Å². The van der Waals surface area contributed by atoms with Crippen LogP contribution in [0.15, 0.2) is 47.4 Å². The van der Waals surface area contributed by atoms with Crippen LogP contribution in [0.3, 0.4) is 0 Å². The van der Waals surface area contributed by atoms with Gasteiger partial charge in [0, 0.05) is 30.1 Å². The number of hydrogen-bond acceptors (Lipinski definition) is 6. The van der Waals surface area contributed by atoms with Gasteiger partial charge < -0.3 is 14.6 Å². The number of halogens is 3. The number of amides is 1. The Kier molecular flexibility index (Phi) is 6.57. The van der Waals surface area contributed by atoms with Gasteiger partial charge in [-0.25, -0.2) is 4.98 Å². The van der Waals surface area contributed by atoms with Crippen LogP contribution in [0.25, 0.3) is 11.4 Å². The topological polar surface area (TPSA) is 81.9 Å². The summed E-state index contributed by atoms with van der Waals surface area (Å²) in [4.78, 5) is 15.7. The van der Waals surface area contributed by atoms with Gasteiger partial charge >= 0.3 is 6.36 Å². The second kappa shape index (κ2) is 9.12. The third kappa shape index (κ3) is 5.83. The lowest BCUT2D eigenvalue weighted by Gasteiger charge is -2.11. The van der Waals surface area contributed by atoms with Crippen molar-refractivity contribution in [1.82, 2.24) is 25.1 Å². The van der Waals surface area contributed by atoms with Crippen LogP contribution >= 0.6 is 11.8 Å². The van der Waals surface area contributed by atoms with E-state index in [9.17, 15) is 18.0 Å². The van der Waals surface area contributed by atoms with Crippen LogP contribution in [0, 0.1) is 0 Å². The molecule has 2 aromatic rings. The SMILES string of the molecule is CCn1c(SCC(=O)NC2=CC=CCC2)nnc1-c1ccnc(OC(F)(F)F)c1. The lowest BCUT2D eigenvalue weighted by Crippen LogP contribution is -2.25. The highest BCUT2D eigenvalue weighted by molar-refractivity contribution is 7.99. The first-order valence-electron chi connectivity index (χ1n) is 8.79. The summed E-state index contributed by atoms with van der Waals surface area (Å²) in [6.07, 6.45) is 3.84. The minimum Gasteiger partial charge on any atom is -0.388 e. The van der Waals surface area contributed by atoms with Gasteiger partial charge in [0.15, 0.2) is 11.0 Å². The Balaban J connectivity index is 1.70. The maximum Gasteiger partial charge on any atom is 0.574 e. The summed E-state index contributed by atoms with van der Waals surface area (Å²) < 4.78 is 42.8. The van der Waals surface area contributed by atoms with E-state index in [-0.39, 0.29) is 11.7 Å². The van der Waals surface area contributed by atoms with Gasteiger partial charge in [-0.15, -0.1) is 23.4 Å². The number of carbonyl (C=O) groups excluding carboxylic acids is 1. The number of nitrogens with zero attached hydrogens (tertiary/aromatic N) is 4.